The summed E-state index contributed by atoms with van der Waals surface area (Å²) in [6.07, 6.45) is 0. The Morgan fingerprint density at radius 3 is 2.19 bits per heavy atom. The molecule has 0 bridgehead atoms. The molecule has 1 N–H and O–H groups in total. The van der Waals surface area contributed by atoms with E-state index in [0.717, 1.165) is 12.5 Å². The van der Waals surface area contributed by atoms with E-state index < -0.39 is 21.9 Å². The van der Waals surface area contributed by atoms with Gasteiger partial charge in [-0.25, -0.2) is 17.9 Å². The first-order valence-electron chi connectivity index (χ1n) is 8.00. The molecule has 1 heterocycles. The molecule has 2 aromatic carbocycles. The van der Waals surface area contributed by atoms with Crippen LogP contribution in [0.4, 0.5) is 0 Å². The van der Waals surface area contributed by atoms with Crippen molar-refractivity contribution in [3.05, 3.63) is 59.7 Å². The highest BCUT2D eigenvalue weighted by atomic mass is 32.2. The van der Waals surface area contributed by atoms with Crippen LogP contribution in [0.2, 0.25) is 0 Å². The number of esters is 1. The zero-order valence-electron chi connectivity index (χ0n) is 14.7. The Kier molecular flexibility index (Phi) is 5.00. The summed E-state index contributed by atoms with van der Waals surface area (Å²) >= 11 is 0. The van der Waals surface area contributed by atoms with E-state index >= 15 is 0 Å². The molecular weight excluding hydrogens is 370 g/mol. The fraction of sp³-hybridized carbons (Fsp3) is 0.158. The van der Waals surface area contributed by atoms with Crippen LogP contribution in [-0.2, 0) is 24.3 Å². The summed E-state index contributed by atoms with van der Waals surface area (Å²) in [5.41, 5.74) is 2.43. The van der Waals surface area contributed by atoms with Crippen LogP contribution in [-0.4, -0.2) is 34.0 Å². The predicted molar refractivity (Wildman–Crippen MR) is 98.2 cm³/mol. The van der Waals surface area contributed by atoms with E-state index in [0.29, 0.717) is 22.5 Å². The zero-order chi connectivity index (χ0) is 19.6. The highest BCUT2D eigenvalue weighted by Gasteiger charge is 2.27. The van der Waals surface area contributed by atoms with Gasteiger partial charge in [-0.05, 0) is 35.4 Å². The number of nitrogens with one attached hydrogen (secondary N) is 1. The first-order valence-corrected chi connectivity index (χ1v) is 9.48. The van der Waals surface area contributed by atoms with E-state index in [1.54, 1.807) is 19.2 Å². The molecule has 3 rings (SSSR count). The highest BCUT2D eigenvalue weighted by Crippen LogP contribution is 2.33. The summed E-state index contributed by atoms with van der Waals surface area (Å²) in [7, 11) is -2.36. The van der Waals surface area contributed by atoms with Crippen molar-refractivity contribution in [3.8, 4) is 5.75 Å². The summed E-state index contributed by atoms with van der Waals surface area (Å²) in [6, 6.07) is 12.9. The van der Waals surface area contributed by atoms with Crippen molar-refractivity contribution in [3.63, 3.8) is 0 Å². The van der Waals surface area contributed by atoms with Crippen molar-refractivity contribution in [2.75, 3.05) is 13.7 Å². The monoisotopic (exact) mass is 387 g/mol. The molecule has 140 valence electrons. The maximum atomic E-state index is 12.2. The third kappa shape index (κ3) is 3.85. The fourth-order valence-electron chi connectivity index (χ4n) is 2.77. The van der Waals surface area contributed by atoms with Gasteiger partial charge in [-0.3, -0.25) is 4.79 Å². The van der Waals surface area contributed by atoms with Gasteiger partial charge >= 0.3 is 5.97 Å². The maximum absolute atomic E-state index is 12.2. The normalized spacial score (nSPS) is 14.1. The third-order valence-corrected chi connectivity index (χ3v) is 5.47. The van der Waals surface area contributed by atoms with Gasteiger partial charge in [0.2, 0.25) is 5.91 Å². The van der Waals surface area contributed by atoms with E-state index in [9.17, 15) is 18.0 Å². The summed E-state index contributed by atoms with van der Waals surface area (Å²) in [6.45, 7) is 1.25. The molecule has 0 spiro atoms. The number of benzene rings is 2. The molecule has 0 unspecified atom stereocenters. The summed E-state index contributed by atoms with van der Waals surface area (Å²) in [5.74, 6) is -0.458. The average molecular weight is 387 g/mol. The van der Waals surface area contributed by atoms with E-state index in [1.807, 2.05) is 16.9 Å². The van der Waals surface area contributed by atoms with Gasteiger partial charge < -0.3 is 9.47 Å². The number of ether oxygens (including phenoxy) is 2. The van der Waals surface area contributed by atoms with Crippen LogP contribution >= 0.6 is 0 Å². The molecule has 0 atom stereocenters. The third-order valence-electron chi connectivity index (χ3n) is 4.02. The van der Waals surface area contributed by atoms with Crippen molar-refractivity contribution in [1.29, 1.82) is 0 Å². The Labute approximate surface area is 156 Å². The average Bonchev–Trinajstić information content (AvgIpc) is 3.02. The van der Waals surface area contributed by atoms with Crippen LogP contribution in [0.5, 0.6) is 5.75 Å². The summed E-state index contributed by atoms with van der Waals surface area (Å²) in [5, 5.41) is 0. The molecule has 2 aromatic rings. The lowest BCUT2D eigenvalue weighted by Crippen LogP contribution is -2.28. The molecule has 8 heteroatoms. The van der Waals surface area contributed by atoms with Crippen LogP contribution in [0.25, 0.3) is 11.1 Å². The Morgan fingerprint density at radius 1 is 1.04 bits per heavy atom. The quantitative estimate of drug-likeness (QED) is 0.788. The van der Waals surface area contributed by atoms with E-state index in [1.165, 1.54) is 24.3 Å². The van der Waals surface area contributed by atoms with Gasteiger partial charge in [0.25, 0.3) is 10.0 Å². The van der Waals surface area contributed by atoms with Gasteiger partial charge in [-0.2, -0.15) is 0 Å². The van der Waals surface area contributed by atoms with Gasteiger partial charge in [0.15, 0.2) is 0 Å². The standard InChI is InChI=1S/C19H17NO6S/c1-12(21)20-27(23,24)16-9-5-14(6-10-16)18-17(11-26-19(18)22)13-3-7-15(25-2)8-4-13/h3-10H,11H2,1-2H3,(H,20,21). The molecule has 0 saturated carbocycles. The number of carbonyl (C=O) groups is 2. The Bertz CT molecular complexity index is 1020. The summed E-state index contributed by atoms with van der Waals surface area (Å²) < 4.78 is 36.3. The maximum Gasteiger partial charge on any atom is 0.339 e. The van der Waals surface area contributed by atoms with Crippen molar-refractivity contribution in [1.82, 2.24) is 4.72 Å². The van der Waals surface area contributed by atoms with E-state index in [4.69, 9.17) is 9.47 Å². The topological polar surface area (TPSA) is 98.8 Å². The van der Waals surface area contributed by atoms with Gasteiger partial charge in [-0.1, -0.05) is 24.3 Å². The predicted octanol–water partition coefficient (Wildman–Crippen LogP) is 1.99. The lowest BCUT2D eigenvalue weighted by Gasteiger charge is -2.08. The lowest BCUT2D eigenvalue weighted by molar-refractivity contribution is -0.133. The second-order valence-electron chi connectivity index (χ2n) is 5.84. The molecule has 0 radical (unpaired) electrons. The smallest absolute Gasteiger partial charge is 0.339 e. The zero-order valence-corrected chi connectivity index (χ0v) is 15.5. The number of amides is 1. The van der Waals surface area contributed by atoms with Crippen molar-refractivity contribution in [2.24, 2.45) is 0 Å². The highest BCUT2D eigenvalue weighted by molar-refractivity contribution is 7.90. The van der Waals surface area contributed by atoms with Crippen LogP contribution in [0, 0.1) is 0 Å². The molecule has 7 nitrogen and oxygen atoms in total. The minimum absolute atomic E-state index is 0.0700. The van der Waals surface area contributed by atoms with Crippen molar-refractivity contribution in [2.45, 2.75) is 11.8 Å². The first-order chi connectivity index (χ1) is 12.8. The number of hydrogen-bond acceptors (Lipinski definition) is 6. The molecule has 27 heavy (non-hydrogen) atoms. The molecule has 0 fully saturated rings. The fourth-order valence-corrected chi connectivity index (χ4v) is 3.76. The Balaban J connectivity index is 1.99. The first kappa shape index (κ1) is 18.7. The molecule has 1 aliphatic rings. The van der Waals surface area contributed by atoms with Crippen LogP contribution in [0.3, 0.4) is 0 Å². The van der Waals surface area contributed by atoms with Crippen LogP contribution in [0.1, 0.15) is 18.1 Å². The number of rotatable bonds is 5. The Morgan fingerprint density at radius 2 is 1.63 bits per heavy atom. The largest absolute Gasteiger partial charge is 0.497 e. The lowest BCUT2D eigenvalue weighted by atomic mass is 9.97. The number of cyclic esters (lactones) is 1. The minimum Gasteiger partial charge on any atom is -0.497 e. The van der Waals surface area contributed by atoms with Crippen LogP contribution in [0.15, 0.2) is 53.4 Å². The van der Waals surface area contributed by atoms with Gasteiger partial charge in [-0.15, -0.1) is 0 Å². The van der Waals surface area contributed by atoms with Gasteiger partial charge in [0.1, 0.15) is 12.4 Å². The van der Waals surface area contributed by atoms with Crippen LogP contribution < -0.4 is 9.46 Å². The van der Waals surface area contributed by atoms with E-state index in [-0.39, 0.29) is 11.5 Å². The second-order valence-corrected chi connectivity index (χ2v) is 7.53. The Hall–Kier alpha value is -3.13. The number of sulfonamides is 1. The van der Waals surface area contributed by atoms with Crippen molar-refractivity contribution < 1.29 is 27.5 Å². The SMILES string of the molecule is COc1ccc(C2=C(c3ccc(S(=O)(=O)NC(C)=O)cc3)C(=O)OC2)cc1. The molecule has 1 aliphatic heterocycles. The second kappa shape index (κ2) is 7.24. The molecule has 0 saturated heterocycles. The van der Waals surface area contributed by atoms with E-state index in [2.05, 4.69) is 0 Å². The van der Waals surface area contributed by atoms with Gasteiger partial charge in [0, 0.05) is 12.5 Å². The molecular formula is C19H17NO6S. The molecule has 1 amide bonds. The minimum atomic E-state index is -3.93. The number of methoxy groups -OCH3 is 1. The van der Waals surface area contributed by atoms with Gasteiger partial charge in [0.05, 0.1) is 17.6 Å². The van der Waals surface area contributed by atoms with Crippen molar-refractivity contribution >= 4 is 33.0 Å². The molecule has 0 aromatic heterocycles. The summed E-state index contributed by atoms with van der Waals surface area (Å²) in [4.78, 5) is 23.2. The molecule has 0 aliphatic carbocycles. The number of carbonyl (C=O) groups excluding carboxylic acids is 2. The number of hydrogen-bond donors (Lipinski definition) is 1.